The van der Waals surface area contributed by atoms with Gasteiger partial charge in [-0.15, -0.1) is 0 Å². The second-order valence-corrected chi connectivity index (χ2v) is 6.11. The van der Waals surface area contributed by atoms with E-state index in [4.69, 9.17) is 5.26 Å². The molecule has 1 heterocycles. The van der Waals surface area contributed by atoms with Gasteiger partial charge in [0.2, 0.25) is 0 Å². The van der Waals surface area contributed by atoms with Gasteiger partial charge >= 0.3 is 0 Å². The molecule has 0 radical (unpaired) electrons. The molecule has 4 nitrogen and oxygen atoms in total. The van der Waals surface area contributed by atoms with Crippen LogP contribution in [0.1, 0.15) is 21.5 Å². The summed E-state index contributed by atoms with van der Waals surface area (Å²) in [6.45, 7) is 2.95. The molecule has 134 valence electrons. The van der Waals surface area contributed by atoms with Crippen molar-refractivity contribution in [3.05, 3.63) is 64.5 Å². The van der Waals surface area contributed by atoms with Crippen molar-refractivity contribution in [2.45, 2.75) is 6.92 Å². The summed E-state index contributed by atoms with van der Waals surface area (Å²) < 4.78 is 41.4. The third-order valence-corrected chi connectivity index (χ3v) is 4.50. The van der Waals surface area contributed by atoms with Crippen LogP contribution in [0.2, 0.25) is 0 Å². The number of nitrogens with zero attached hydrogens (tertiary/aromatic N) is 3. The largest absolute Gasteiger partial charge is 0.366 e. The number of carbonyl (C=O) groups is 1. The van der Waals surface area contributed by atoms with E-state index in [-0.39, 0.29) is 24.2 Å². The number of anilines is 1. The number of hydrogen-bond donors (Lipinski definition) is 0. The molecule has 2 aromatic carbocycles. The van der Waals surface area contributed by atoms with Gasteiger partial charge in [-0.2, -0.15) is 5.26 Å². The monoisotopic (exact) mass is 359 g/mol. The van der Waals surface area contributed by atoms with E-state index in [0.717, 1.165) is 6.07 Å². The molecule has 0 unspecified atom stereocenters. The van der Waals surface area contributed by atoms with E-state index >= 15 is 0 Å². The third-order valence-electron chi connectivity index (χ3n) is 4.50. The predicted molar refractivity (Wildman–Crippen MR) is 90.3 cm³/mol. The lowest BCUT2D eigenvalue weighted by Crippen LogP contribution is -2.49. The van der Waals surface area contributed by atoms with Gasteiger partial charge in [0.15, 0.2) is 11.6 Å². The van der Waals surface area contributed by atoms with E-state index in [0.29, 0.717) is 24.3 Å². The predicted octanol–water partition coefficient (Wildman–Crippen LogP) is 3.25. The normalized spacial score (nSPS) is 14.3. The molecule has 7 heteroatoms. The van der Waals surface area contributed by atoms with Crippen LogP contribution in [0.3, 0.4) is 0 Å². The second-order valence-electron chi connectivity index (χ2n) is 6.11. The van der Waals surface area contributed by atoms with E-state index in [1.807, 2.05) is 6.07 Å². The summed E-state index contributed by atoms with van der Waals surface area (Å²) in [5, 5.41) is 8.96. The van der Waals surface area contributed by atoms with Gasteiger partial charge in [-0.05, 0) is 36.8 Å². The average Bonchev–Trinajstić information content (AvgIpc) is 2.65. The molecule has 0 aromatic heterocycles. The molecule has 0 aliphatic carbocycles. The maximum absolute atomic E-state index is 14.3. The second kappa shape index (κ2) is 7.08. The third kappa shape index (κ3) is 3.23. The summed E-state index contributed by atoms with van der Waals surface area (Å²) in [5.74, 6) is -3.31. The fraction of sp³-hybridized carbons (Fsp3) is 0.263. The molecule has 1 amide bonds. The number of piperazine rings is 1. The highest BCUT2D eigenvalue weighted by molar-refractivity contribution is 5.94. The molecule has 0 atom stereocenters. The van der Waals surface area contributed by atoms with Crippen LogP contribution in [0.15, 0.2) is 30.3 Å². The fourth-order valence-electron chi connectivity index (χ4n) is 3.02. The molecule has 1 saturated heterocycles. The van der Waals surface area contributed by atoms with Crippen molar-refractivity contribution < 1.29 is 18.0 Å². The summed E-state index contributed by atoms with van der Waals surface area (Å²) in [6, 6.07) is 8.24. The van der Waals surface area contributed by atoms with Gasteiger partial charge in [0.1, 0.15) is 5.82 Å². The quantitative estimate of drug-likeness (QED) is 0.827. The molecule has 0 saturated carbocycles. The first-order chi connectivity index (χ1) is 12.4. The first-order valence-corrected chi connectivity index (χ1v) is 8.11. The van der Waals surface area contributed by atoms with Crippen molar-refractivity contribution in [3.8, 4) is 6.07 Å². The zero-order valence-corrected chi connectivity index (χ0v) is 14.1. The number of rotatable bonds is 2. The number of halogens is 3. The minimum absolute atomic E-state index is 0.257. The Morgan fingerprint density at radius 3 is 2.42 bits per heavy atom. The molecular weight excluding hydrogens is 343 g/mol. The first kappa shape index (κ1) is 17.8. The highest BCUT2D eigenvalue weighted by Gasteiger charge is 2.26. The highest BCUT2D eigenvalue weighted by atomic mass is 19.2. The fourth-order valence-corrected chi connectivity index (χ4v) is 3.02. The van der Waals surface area contributed by atoms with Crippen molar-refractivity contribution >= 4 is 11.6 Å². The first-order valence-electron chi connectivity index (χ1n) is 8.11. The maximum atomic E-state index is 14.3. The summed E-state index contributed by atoms with van der Waals surface area (Å²) in [6.07, 6.45) is 0. The van der Waals surface area contributed by atoms with Gasteiger partial charge < -0.3 is 9.80 Å². The number of aryl methyl sites for hydroxylation is 1. The van der Waals surface area contributed by atoms with E-state index in [2.05, 4.69) is 0 Å². The van der Waals surface area contributed by atoms with Crippen LogP contribution in [0, 0.1) is 35.7 Å². The Morgan fingerprint density at radius 2 is 1.77 bits per heavy atom. The Labute approximate surface area is 149 Å². The SMILES string of the molecule is Cc1cc(N2CCN(C(=O)c3cccc(F)c3F)CC2)c(F)cc1C#N. The van der Waals surface area contributed by atoms with E-state index in [1.54, 1.807) is 17.9 Å². The number of amides is 1. The van der Waals surface area contributed by atoms with Gasteiger partial charge in [0.25, 0.3) is 5.91 Å². The standard InChI is InChI=1S/C19H16F3N3O/c1-12-9-17(16(21)10-13(12)11-23)24-5-7-25(8-6-24)19(26)14-3-2-4-15(20)18(14)22/h2-4,9-10H,5-8H2,1H3. The summed E-state index contributed by atoms with van der Waals surface area (Å²) in [5.41, 5.74) is 1.01. The van der Waals surface area contributed by atoms with Crippen molar-refractivity contribution in [2.24, 2.45) is 0 Å². The summed E-state index contributed by atoms with van der Waals surface area (Å²) in [4.78, 5) is 15.6. The summed E-state index contributed by atoms with van der Waals surface area (Å²) >= 11 is 0. The van der Waals surface area contributed by atoms with Crippen LogP contribution < -0.4 is 4.90 Å². The van der Waals surface area contributed by atoms with E-state index < -0.39 is 23.4 Å². The lowest BCUT2D eigenvalue weighted by molar-refractivity contribution is 0.0740. The van der Waals surface area contributed by atoms with Crippen LogP contribution >= 0.6 is 0 Å². The van der Waals surface area contributed by atoms with Gasteiger partial charge in [-0.25, -0.2) is 13.2 Å². The topological polar surface area (TPSA) is 47.3 Å². The zero-order chi connectivity index (χ0) is 18.8. The molecule has 0 N–H and O–H groups in total. The molecule has 1 fully saturated rings. The van der Waals surface area contributed by atoms with E-state index in [9.17, 15) is 18.0 Å². The van der Waals surface area contributed by atoms with Gasteiger partial charge in [0.05, 0.1) is 22.9 Å². The number of nitriles is 1. The molecule has 0 spiro atoms. The van der Waals surface area contributed by atoms with Gasteiger partial charge in [-0.3, -0.25) is 4.79 Å². The van der Waals surface area contributed by atoms with Gasteiger partial charge in [-0.1, -0.05) is 6.07 Å². The molecule has 0 bridgehead atoms. The van der Waals surface area contributed by atoms with Crippen LogP contribution in [0.5, 0.6) is 0 Å². The molecule has 1 aliphatic rings. The smallest absolute Gasteiger partial charge is 0.257 e. The lowest BCUT2D eigenvalue weighted by atomic mass is 10.1. The van der Waals surface area contributed by atoms with Crippen molar-refractivity contribution in [1.29, 1.82) is 5.26 Å². The number of hydrogen-bond acceptors (Lipinski definition) is 3. The Kier molecular flexibility index (Phi) is 4.85. The number of benzene rings is 2. The average molecular weight is 359 g/mol. The molecular formula is C19H16F3N3O. The highest BCUT2D eigenvalue weighted by Crippen LogP contribution is 2.25. The maximum Gasteiger partial charge on any atom is 0.257 e. The lowest BCUT2D eigenvalue weighted by Gasteiger charge is -2.36. The molecule has 2 aromatic rings. The minimum atomic E-state index is -1.16. The minimum Gasteiger partial charge on any atom is -0.366 e. The number of carbonyl (C=O) groups excluding carboxylic acids is 1. The van der Waals surface area contributed by atoms with Crippen molar-refractivity contribution in [1.82, 2.24) is 4.90 Å². The Balaban J connectivity index is 1.74. The Bertz CT molecular complexity index is 900. The Morgan fingerprint density at radius 1 is 1.08 bits per heavy atom. The van der Waals surface area contributed by atoms with Crippen LogP contribution in [0.4, 0.5) is 18.9 Å². The van der Waals surface area contributed by atoms with Gasteiger partial charge in [0, 0.05) is 26.2 Å². The Hall–Kier alpha value is -3.01. The molecule has 1 aliphatic heterocycles. The molecule has 26 heavy (non-hydrogen) atoms. The van der Waals surface area contributed by atoms with Crippen molar-refractivity contribution in [3.63, 3.8) is 0 Å². The molecule has 3 rings (SSSR count). The van der Waals surface area contributed by atoms with Crippen molar-refractivity contribution in [2.75, 3.05) is 31.1 Å². The van der Waals surface area contributed by atoms with Crippen LogP contribution in [-0.2, 0) is 0 Å². The zero-order valence-electron chi connectivity index (χ0n) is 14.1. The van der Waals surface area contributed by atoms with E-state index in [1.165, 1.54) is 23.1 Å². The van der Waals surface area contributed by atoms with Crippen LogP contribution in [-0.4, -0.2) is 37.0 Å². The van der Waals surface area contributed by atoms with Crippen LogP contribution in [0.25, 0.3) is 0 Å². The summed E-state index contributed by atoms with van der Waals surface area (Å²) in [7, 11) is 0.